The number of fused-ring (bicyclic) bond motifs is 2. The van der Waals surface area contributed by atoms with E-state index in [0.717, 1.165) is 5.56 Å². The van der Waals surface area contributed by atoms with Crippen molar-refractivity contribution in [1.29, 1.82) is 0 Å². The highest BCUT2D eigenvalue weighted by Crippen LogP contribution is 2.37. The molecule has 0 unspecified atom stereocenters. The quantitative estimate of drug-likeness (QED) is 0.604. The number of likely N-dealkylation sites (N-methyl/N-ethyl adjacent to an activating group) is 1. The Labute approximate surface area is 149 Å². The first-order valence-electron chi connectivity index (χ1n) is 7.98. The van der Waals surface area contributed by atoms with Gasteiger partial charge >= 0.3 is 0 Å². The Balaban J connectivity index is 1.76. The second-order valence-electron chi connectivity index (χ2n) is 6.32. The van der Waals surface area contributed by atoms with Crippen molar-refractivity contribution in [2.45, 2.75) is 17.7 Å². The zero-order valence-corrected chi connectivity index (χ0v) is 14.7. The van der Waals surface area contributed by atoms with E-state index in [4.69, 9.17) is 0 Å². The third-order valence-electron chi connectivity index (χ3n) is 4.85. The summed E-state index contributed by atoms with van der Waals surface area (Å²) in [7, 11) is -2.22. The van der Waals surface area contributed by atoms with Gasteiger partial charge in [0.05, 0.1) is 21.9 Å². The van der Waals surface area contributed by atoms with Crippen molar-refractivity contribution >= 4 is 33.0 Å². The summed E-state index contributed by atoms with van der Waals surface area (Å²) >= 11 is 0. The molecule has 2 aromatic carbocycles. The van der Waals surface area contributed by atoms with Crippen LogP contribution in [0.5, 0.6) is 0 Å². The van der Waals surface area contributed by atoms with E-state index in [1.165, 1.54) is 33.5 Å². The van der Waals surface area contributed by atoms with Crippen molar-refractivity contribution in [3.05, 3.63) is 57.6 Å². The molecule has 0 aliphatic carbocycles. The van der Waals surface area contributed by atoms with Gasteiger partial charge in [0, 0.05) is 31.4 Å². The Morgan fingerprint density at radius 1 is 1.08 bits per heavy atom. The van der Waals surface area contributed by atoms with E-state index in [1.54, 1.807) is 19.2 Å². The predicted octanol–water partition coefficient (Wildman–Crippen LogP) is 1.87. The fraction of sp³-hybridized carbons (Fsp3) is 0.235. The smallest absolute Gasteiger partial charge is 0.271 e. The predicted molar refractivity (Wildman–Crippen MR) is 94.9 cm³/mol. The summed E-state index contributed by atoms with van der Waals surface area (Å²) < 4.78 is 27.4. The molecule has 0 saturated carbocycles. The van der Waals surface area contributed by atoms with Crippen LogP contribution < -0.4 is 9.21 Å². The molecule has 134 valence electrons. The van der Waals surface area contributed by atoms with Gasteiger partial charge in [0.25, 0.3) is 15.7 Å². The normalized spacial score (nSPS) is 16.0. The Hall–Kier alpha value is -2.94. The second kappa shape index (κ2) is 5.53. The largest absolute Gasteiger partial charge is 0.315 e. The number of carbonyl (C=O) groups is 1. The lowest BCUT2D eigenvalue weighted by Crippen LogP contribution is -2.29. The van der Waals surface area contributed by atoms with Gasteiger partial charge in [-0.05, 0) is 35.7 Å². The highest BCUT2D eigenvalue weighted by Gasteiger charge is 2.34. The maximum atomic E-state index is 13.1. The average molecular weight is 373 g/mol. The zero-order valence-electron chi connectivity index (χ0n) is 13.9. The molecule has 8 nitrogen and oxygen atoms in total. The molecule has 9 heteroatoms. The highest BCUT2D eigenvalue weighted by atomic mass is 32.2. The zero-order chi connectivity index (χ0) is 18.6. The number of nitro benzene ring substituents is 1. The van der Waals surface area contributed by atoms with Gasteiger partial charge in [0.1, 0.15) is 0 Å². The molecule has 4 rings (SSSR count). The lowest BCUT2D eigenvalue weighted by molar-refractivity contribution is -0.384. The molecule has 2 aromatic rings. The van der Waals surface area contributed by atoms with Crippen LogP contribution in [0.2, 0.25) is 0 Å². The summed E-state index contributed by atoms with van der Waals surface area (Å²) in [6.45, 7) is 0.231. The molecule has 26 heavy (non-hydrogen) atoms. The number of benzene rings is 2. The lowest BCUT2D eigenvalue weighted by Gasteiger charge is -2.20. The van der Waals surface area contributed by atoms with Crippen LogP contribution in [0.4, 0.5) is 17.1 Å². The summed E-state index contributed by atoms with van der Waals surface area (Å²) in [6, 6.07) is 8.88. The maximum absolute atomic E-state index is 13.1. The van der Waals surface area contributed by atoms with Gasteiger partial charge in [-0.25, -0.2) is 8.42 Å². The Kier molecular flexibility index (Phi) is 3.52. The molecule has 2 aliphatic rings. The van der Waals surface area contributed by atoms with E-state index in [-0.39, 0.29) is 29.5 Å². The van der Waals surface area contributed by atoms with Crippen LogP contribution in [0, 0.1) is 10.1 Å². The van der Waals surface area contributed by atoms with Crippen LogP contribution in [0.25, 0.3) is 0 Å². The van der Waals surface area contributed by atoms with Crippen molar-refractivity contribution in [2.24, 2.45) is 0 Å². The van der Waals surface area contributed by atoms with Gasteiger partial charge in [0.2, 0.25) is 5.91 Å². The van der Waals surface area contributed by atoms with Gasteiger partial charge in [-0.2, -0.15) is 0 Å². The van der Waals surface area contributed by atoms with E-state index in [0.29, 0.717) is 23.4 Å². The van der Waals surface area contributed by atoms with E-state index in [9.17, 15) is 23.3 Å². The lowest BCUT2D eigenvalue weighted by atomic mass is 10.1. The molecule has 2 aliphatic heterocycles. The second-order valence-corrected chi connectivity index (χ2v) is 8.18. The minimum atomic E-state index is -3.87. The molecule has 0 radical (unpaired) electrons. The number of rotatable bonds is 3. The first-order valence-corrected chi connectivity index (χ1v) is 9.42. The molecular weight excluding hydrogens is 358 g/mol. The van der Waals surface area contributed by atoms with Gasteiger partial charge in [0.15, 0.2) is 0 Å². The number of amides is 1. The fourth-order valence-electron chi connectivity index (χ4n) is 3.44. The molecule has 0 atom stereocenters. The molecule has 0 spiro atoms. The third kappa shape index (κ3) is 2.35. The first kappa shape index (κ1) is 16.5. The molecule has 1 amide bonds. The monoisotopic (exact) mass is 373 g/mol. The number of carbonyl (C=O) groups excluding carboxylic acids is 1. The van der Waals surface area contributed by atoms with E-state index < -0.39 is 14.9 Å². The van der Waals surface area contributed by atoms with Crippen LogP contribution >= 0.6 is 0 Å². The summed E-state index contributed by atoms with van der Waals surface area (Å²) in [5.74, 6) is -0.0864. The maximum Gasteiger partial charge on any atom is 0.271 e. The van der Waals surface area contributed by atoms with E-state index in [2.05, 4.69) is 0 Å². The Morgan fingerprint density at radius 2 is 1.85 bits per heavy atom. The number of non-ortho nitro benzene ring substituents is 1. The molecular formula is C17H15N3O5S. The van der Waals surface area contributed by atoms with Crippen LogP contribution in [0.1, 0.15) is 11.1 Å². The standard InChI is InChI=1S/C17H15N3O5S/c1-18-15-5-4-14(8-12(15)9-17(18)21)26(24,25)19-7-6-11-2-3-13(20(22)23)10-16(11)19/h2-5,8,10H,6-7,9H2,1H3. The minimum Gasteiger partial charge on any atom is -0.315 e. The third-order valence-corrected chi connectivity index (χ3v) is 6.66. The van der Waals surface area contributed by atoms with Crippen LogP contribution in [-0.2, 0) is 27.7 Å². The summed E-state index contributed by atoms with van der Waals surface area (Å²) in [5.41, 5.74) is 2.32. The van der Waals surface area contributed by atoms with Gasteiger partial charge < -0.3 is 4.90 Å². The van der Waals surface area contributed by atoms with Gasteiger partial charge in [-0.1, -0.05) is 6.07 Å². The highest BCUT2D eigenvalue weighted by molar-refractivity contribution is 7.92. The average Bonchev–Trinajstić information content (AvgIpc) is 3.15. The molecule has 0 bridgehead atoms. The van der Waals surface area contributed by atoms with Gasteiger partial charge in [-0.3, -0.25) is 19.2 Å². The van der Waals surface area contributed by atoms with Crippen molar-refractivity contribution in [3.63, 3.8) is 0 Å². The summed E-state index contributed by atoms with van der Waals surface area (Å²) in [4.78, 5) is 23.9. The van der Waals surface area contributed by atoms with Gasteiger partial charge in [-0.15, -0.1) is 0 Å². The summed E-state index contributed by atoms with van der Waals surface area (Å²) in [5, 5.41) is 11.0. The fourth-order valence-corrected chi connectivity index (χ4v) is 4.98. The number of nitrogens with zero attached hydrogens (tertiary/aromatic N) is 3. The SMILES string of the molecule is CN1C(=O)Cc2cc(S(=O)(=O)N3CCc4ccc([N+](=O)[O-])cc43)ccc21. The van der Waals surface area contributed by atoms with Crippen molar-refractivity contribution in [2.75, 3.05) is 22.8 Å². The van der Waals surface area contributed by atoms with Crippen LogP contribution in [0.15, 0.2) is 41.3 Å². The van der Waals surface area contributed by atoms with Crippen LogP contribution in [-0.4, -0.2) is 32.8 Å². The minimum absolute atomic E-state index is 0.0821. The van der Waals surface area contributed by atoms with Crippen molar-refractivity contribution < 1.29 is 18.1 Å². The van der Waals surface area contributed by atoms with E-state index >= 15 is 0 Å². The number of hydrogen-bond acceptors (Lipinski definition) is 5. The van der Waals surface area contributed by atoms with Crippen molar-refractivity contribution in [3.8, 4) is 0 Å². The van der Waals surface area contributed by atoms with Crippen molar-refractivity contribution in [1.82, 2.24) is 0 Å². The molecule has 0 saturated heterocycles. The molecule has 0 fully saturated rings. The summed E-state index contributed by atoms with van der Waals surface area (Å²) in [6.07, 6.45) is 0.663. The topological polar surface area (TPSA) is 101 Å². The van der Waals surface area contributed by atoms with Crippen LogP contribution in [0.3, 0.4) is 0 Å². The molecule has 0 N–H and O–H groups in total. The molecule has 0 aromatic heterocycles. The van der Waals surface area contributed by atoms with E-state index in [1.807, 2.05) is 0 Å². The number of hydrogen-bond donors (Lipinski definition) is 0. The Morgan fingerprint density at radius 3 is 2.58 bits per heavy atom. The first-order chi connectivity index (χ1) is 12.3. The number of sulfonamides is 1. The Bertz CT molecular complexity index is 1060. The number of anilines is 2. The molecule has 2 heterocycles. The number of nitro groups is 1.